The predicted molar refractivity (Wildman–Crippen MR) is 75.5 cm³/mol. The van der Waals surface area contributed by atoms with Crippen molar-refractivity contribution in [3.8, 4) is 11.5 Å². The van der Waals surface area contributed by atoms with Gasteiger partial charge >= 0.3 is 0 Å². The van der Waals surface area contributed by atoms with Gasteiger partial charge in [-0.2, -0.15) is 0 Å². The number of rotatable bonds is 4. The molecular formula is C16H20NO2+. The first-order valence-corrected chi connectivity index (χ1v) is 6.27. The molecule has 3 N–H and O–H groups in total. The first kappa shape index (κ1) is 13.4. The maximum Gasteiger partial charge on any atom is 0.161 e. The Morgan fingerprint density at radius 2 is 1.42 bits per heavy atom. The molecule has 0 aromatic heterocycles. The van der Waals surface area contributed by atoms with Gasteiger partial charge in [-0.3, -0.25) is 0 Å². The second-order valence-corrected chi connectivity index (χ2v) is 4.58. The van der Waals surface area contributed by atoms with E-state index in [0.29, 0.717) is 0 Å². The van der Waals surface area contributed by atoms with Crippen LogP contribution in [0.1, 0.15) is 22.7 Å². The minimum absolute atomic E-state index is 0.0837. The van der Waals surface area contributed by atoms with Crippen LogP contribution in [0.25, 0.3) is 0 Å². The molecule has 0 unspecified atom stereocenters. The van der Waals surface area contributed by atoms with E-state index in [2.05, 4.69) is 36.9 Å². The molecule has 0 bridgehead atoms. The molecule has 19 heavy (non-hydrogen) atoms. The molecule has 100 valence electrons. The molecule has 3 nitrogen and oxygen atoms in total. The van der Waals surface area contributed by atoms with Crippen LogP contribution in [0.5, 0.6) is 11.5 Å². The summed E-state index contributed by atoms with van der Waals surface area (Å²) in [4.78, 5) is 0. The molecule has 0 saturated heterocycles. The van der Waals surface area contributed by atoms with E-state index < -0.39 is 0 Å². The monoisotopic (exact) mass is 258 g/mol. The lowest BCUT2D eigenvalue weighted by molar-refractivity contribution is -0.411. The van der Waals surface area contributed by atoms with Crippen LogP contribution in [0.2, 0.25) is 0 Å². The fourth-order valence-electron chi connectivity index (χ4n) is 2.06. The van der Waals surface area contributed by atoms with Crippen molar-refractivity contribution in [2.75, 3.05) is 14.2 Å². The molecule has 1 atom stereocenters. The van der Waals surface area contributed by atoms with Crippen molar-refractivity contribution >= 4 is 0 Å². The highest BCUT2D eigenvalue weighted by Crippen LogP contribution is 2.30. The second kappa shape index (κ2) is 5.76. The minimum atomic E-state index is 0.0837. The average molecular weight is 258 g/mol. The van der Waals surface area contributed by atoms with Crippen molar-refractivity contribution in [1.29, 1.82) is 0 Å². The van der Waals surface area contributed by atoms with Gasteiger partial charge in [0.1, 0.15) is 6.04 Å². The Hall–Kier alpha value is -2.00. The zero-order valence-corrected chi connectivity index (χ0v) is 11.6. The molecule has 0 fully saturated rings. The summed E-state index contributed by atoms with van der Waals surface area (Å²) in [6, 6.07) is 14.5. The topological polar surface area (TPSA) is 46.1 Å². The summed E-state index contributed by atoms with van der Waals surface area (Å²) in [5.41, 5.74) is 7.80. The van der Waals surface area contributed by atoms with Gasteiger partial charge < -0.3 is 15.2 Å². The molecule has 0 aliphatic rings. The Kier molecular flexibility index (Phi) is 4.07. The van der Waals surface area contributed by atoms with Crippen LogP contribution in [0.3, 0.4) is 0 Å². The Labute approximate surface area is 114 Å². The molecule has 0 amide bonds. The van der Waals surface area contributed by atoms with Crippen molar-refractivity contribution in [2.24, 2.45) is 0 Å². The summed E-state index contributed by atoms with van der Waals surface area (Å²) >= 11 is 0. The number of ether oxygens (including phenoxy) is 2. The van der Waals surface area contributed by atoms with Gasteiger partial charge in [0.15, 0.2) is 11.5 Å². The van der Waals surface area contributed by atoms with Gasteiger partial charge in [0.05, 0.1) is 14.2 Å². The lowest BCUT2D eigenvalue weighted by atomic mass is 9.98. The van der Waals surface area contributed by atoms with Crippen molar-refractivity contribution in [2.45, 2.75) is 13.0 Å². The van der Waals surface area contributed by atoms with Crippen LogP contribution in [0.15, 0.2) is 42.5 Å². The Bertz CT molecular complexity index is 549. The maximum absolute atomic E-state index is 5.33. The lowest BCUT2D eigenvalue weighted by Crippen LogP contribution is -2.54. The second-order valence-electron chi connectivity index (χ2n) is 4.58. The molecule has 2 aromatic carbocycles. The third kappa shape index (κ3) is 2.88. The Morgan fingerprint density at radius 3 is 2.00 bits per heavy atom. The van der Waals surface area contributed by atoms with E-state index in [-0.39, 0.29) is 6.04 Å². The SMILES string of the molecule is COc1ccc([C@H]([NH3+])c2ccc(C)cc2)cc1OC. The molecule has 0 heterocycles. The van der Waals surface area contributed by atoms with Gasteiger partial charge in [0.2, 0.25) is 0 Å². The molecule has 2 aromatic rings. The molecule has 0 aliphatic heterocycles. The van der Waals surface area contributed by atoms with Crippen molar-refractivity contribution in [3.63, 3.8) is 0 Å². The summed E-state index contributed by atoms with van der Waals surface area (Å²) in [5, 5.41) is 0. The average Bonchev–Trinajstić information content (AvgIpc) is 2.46. The van der Waals surface area contributed by atoms with Gasteiger partial charge in [0, 0.05) is 11.1 Å². The third-order valence-corrected chi connectivity index (χ3v) is 3.29. The summed E-state index contributed by atoms with van der Waals surface area (Å²) in [5.74, 6) is 1.48. The maximum atomic E-state index is 5.33. The standard InChI is InChI=1S/C16H19NO2/c1-11-4-6-12(7-5-11)16(17)13-8-9-14(18-2)15(10-13)19-3/h4-10,16H,17H2,1-3H3/p+1/t16-/m1/s1. The summed E-state index contributed by atoms with van der Waals surface area (Å²) in [7, 11) is 3.28. The van der Waals surface area contributed by atoms with E-state index in [4.69, 9.17) is 9.47 Å². The largest absolute Gasteiger partial charge is 0.493 e. The van der Waals surface area contributed by atoms with Gasteiger partial charge in [-0.25, -0.2) is 0 Å². The molecule has 0 radical (unpaired) electrons. The van der Waals surface area contributed by atoms with E-state index in [9.17, 15) is 0 Å². The Morgan fingerprint density at radius 1 is 0.842 bits per heavy atom. The lowest BCUT2D eigenvalue weighted by Gasteiger charge is -2.13. The van der Waals surface area contributed by atoms with Crippen molar-refractivity contribution in [3.05, 3.63) is 59.2 Å². The number of benzene rings is 2. The molecule has 0 spiro atoms. The van der Waals surface area contributed by atoms with E-state index in [0.717, 1.165) is 17.1 Å². The van der Waals surface area contributed by atoms with Gasteiger partial charge in [-0.05, 0) is 25.1 Å². The molecule has 3 heteroatoms. The smallest absolute Gasteiger partial charge is 0.161 e. The van der Waals surface area contributed by atoms with E-state index in [1.165, 1.54) is 11.1 Å². The predicted octanol–water partition coefficient (Wildman–Crippen LogP) is 2.34. The minimum Gasteiger partial charge on any atom is -0.493 e. The highest BCUT2D eigenvalue weighted by Gasteiger charge is 2.15. The van der Waals surface area contributed by atoms with Crippen LogP contribution in [0, 0.1) is 6.92 Å². The Balaban J connectivity index is 2.33. The zero-order chi connectivity index (χ0) is 13.8. The first-order chi connectivity index (χ1) is 9.15. The normalized spacial score (nSPS) is 12.0. The number of hydrogen-bond donors (Lipinski definition) is 1. The van der Waals surface area contributed by atoms with Crippen LogP contribution < -0.4 is 15.2 Å². The van der Waals surface area contributed by atoms with Gasteiger partial charge in [-0.1, -0.05) is 29.8 Å². The first-order valence-electron chi connectivity index (χ1n) is 6.27. The van der Waals surface area contributed by atoms with Crippen LogP contribution in [-0.4, -0.2) is 14.2 Å². The molecule has 2 rings (SSSR count). The molecular weight excluding hydrogens is 238 g/mol. The molecule has 0 saturated carbocycles. The number of methoxy groups -OCH3 is 2. The number of quaternary nitrogens is 1. The highest BCUT2D eigenvalue weighted by atomic mass is 16.5. The number of aryl methyl sites for hydroxylation is 1. The van der Waals surface area contributed by atoms with Crippen molar-refractivity contribution in [1.82, 2.24) is 0 Å². The number of hydrogen-bond acceptors (Lipinski definition) is 2. The van der Waals surface area contributed by atoms with E-state index in [1.54, 1.807) is 14.2 Å². The van der Waals surface area contributed by atoms with Gasteiger partial charge in [-0.15, -0.1) is 0 Å². The highest BCUT2D eigenvalue weighted by molar-refractivity contribution is 5.45. The fraction of sp³-hybridized carbons (Fsp3) is 0.250. The van der Waals surface area contributed by atoms with Crippen LogP contribution in [0.4, 0.5) is 0 Å². The quantitative estimate of drug-likeness (QED) is 0.915. The third-order valence-electron chi connectivity index (χ3n) is 3.29. The van der Waals surface area contributed by atoms with Crippen LogP contribution in [-0.2, 0) is 0 Å². The van der Waals surface area contributed by atoms with E-state index in [1.807, 2.05) is 18.2 Å². The fourth-order valence-corrected chi connectivity index (χ4v) is 2.06. The van der Waals surface area contributed by atoms with Crippen molar-refractivity contribution < 1.29 is 15.2 Å². The van der Waals surface area contributed by atoms with E-state index >= 15 is 0 Å². The zero-order valence-electron chi connectivity index (χ0n) is 11.6. The molecule has 0 aliphatic carbocycles. The van der Waals surface area contributed by atoms with Crippen LogP contribution >= 0.6 is 0 Å². The summed E-state index contributed by atoms with van der Waals surface area (Å²) < 4.78 is 10.6. The van der Waals surface area contributed by atoms with Gasteiger partial charge in [0.25, 0.3) is 0 Å². The summed E-state index contributed by atoms with van der Waals surface area (Å²) in [6.45, 7) is 2.08. The summed E-state index contributed by atoms with van der Waals surface area (Å²) in [6.07, 6.45) is 0.